The van der Waals surface area contributed by atoms with Crippen LogP contribution >= 0.6 is 11.6 Å². The number of hydrogen-bond donors (Lipinski definition) is 0. The summed E-state index contributed by atoms with van der Waals surface area (Å²) < 4.78 is 10.9. The first-order chi connectivity index (χ1) is 12.6. The van der Waals surface area contributed by atoms with Gasteiger partial charge in [-0.05, 0) is 31.0 Å². The Morgan fingerprint density at radius 2 is 1.69 bits per heavy atom. The largest absolute Gasteiger partial charge is 0.488 e. The lowest BCUT2D eigenvalue weighted by molar-refractivity contribution is -0.133. The minimum Gasteiger partial charge on any atom is -0.488 e. The van der Waals surface area contributed by atoms with Crippen LogP contribution in [0.2, 0.25) is 5.02 Å². The third kappa shape index (κ3) is 4.55. The number of halogens is 1. The van der Waals surface area contributed by atoms with Gasteiger partial charge >= 0.3 is 5.97 Å². The van der Waals surface area contributed by atoms with Gasteiger partial charge < -0.3 is 14.4 Å². The Hall–Kier alpha value is -2.53. The number of hydrogen-bond acceptors (Lipinski definition) is 4. The van der Waals surface area contributed by atoms with Gasteiger partial charge in [-0.1, -0.05) is 41.9 Å². The molecule has 0 aliphatic carbocycles. The molecule has 2 aromatic carbocycles. The molecule has 1 aliphatic rings. The van der Waals surface area contributed by atoms with E-state index in [4.69, 9.17) is 21.1 Å². The zero-order valence-electron chi connectivity index (χ0n) is 14.3. The topological polar surface area (TPSA) is 55.8 Å². The number of amides is 1. The molecule has 3 rings (SSSR count). The molecule has 0 bridgehead atoms. The van der Waals surface area contributed by atoms with Crippen LogP contribution in [-0.2, 0) is 16.1 Å². The molecule has 1 heterocycles. The second-order valence-electron chi connectivity index (χ2n) is 6.04. The number of para-hydroxylation sites is 1. The Morgan fingerprint density at radius 1 is 1.00 bits per heavy atom. The van der Waals surface area contributed by atoms with Crippen LogP contribution in [0.25, 0.3) is 0 Å². The summed E-state index contributed by atoms with van der Waals surface area (Å²) in [5, 5.41) is 0.601. The molecule has 6 heteroatoms. The van der Waals surface area contributed by atoms with E-state index in [1.54, 1.807) is 35.2 Å². The fourth-order valence-corrected chi connectivity index (χ4v) is 2.99. The summed E-state index contributed by atoms with van der Waals surface area (Å²) in [7, 11) is 0. The summed E-state index contributed by atoms with van der Waals surface area (Å²) in [6.45, 7) is 1.44. The van der Waals surface area contributed by atoms with Crippen LogP contribution in [0.5, 0.6) is 5.75 Å². The Morgan fingerprint density at radius 3 is 2.46 bits per heavy atom. The van der Waals surface area contributed by atoms with Crippen LogP contribution in [0.15, 0.2) is 48.5 Å². The molecule has 0 spiro atoms. The van der Waals surface area contributed by atoms with Crippen molar-refractivity contribution in [2.24, 2.45) is 0 Å². The molecule has 0 atom stereocenters. The summed E-state index contributed by atoms with van der Waals surface area (Å²) in [6.07, 6.45) is 2.00. The molecule has 136 valence electrons. The van der Waals surface area contributed by atoms with E-state index in [2.05, 4.69) is 0 Å². The van der Waals surface area contributed by atoms with E-state index in [9.17, 15) is 9.59 Å². The number of carbonyl (C=O) groups is 2. The van der Waals surface area contributed by atoms with Crippen molar-refractivity contribution in [2.45, 2.75) is 19.4 Å². The molecule has 1 aliphatic heterocycles. The average molecular weight is 374 g/mol. The van der Waals surface area contributed by atoms with Crippen LogP contribution in [-0.4, -0.2) is 36.5 Å². The van der Waals surface area contributed by atoms with Gasteiger partial charge in [0.05, 0.1) is 0 Å². The summed E-state index contributed by atoms with van der Waals surface area (Å²) in [6, 6.07) is 14.2. The van der Waals surface area contributed by atoms with Gasteiger partial charge in [-0.2, -0.15) is 0 Å². The first kappa shape index (κ1) is 18.3. The molecule has 0 N–H and O–H groups in total. The first-order valence-corrected chi connectivity index (χ1v) is 8.93. The first-order valence-electron chi connectivity index (χ1n) is 8.55. The highest BCUT2D eigenvalue weighted by atomic mass is 35.5. The van der Waals surface area contributed by atoms with Crippen LogP contribution in [0, 0.1) is 0 Å². The SMILES string of the molecule is O=C(OCC(=O)N1CCCC1)c1ccccc1OCc1ccccc1Cl. The van der Waals surface area contributed by atoms with Crippen LogP contribution in [0.1, 0.15) is 28.8 Å². The van der Waals surface area contributed by atoms with Crippen molar-refractivity contribution in [1.29, 1.82) is 0 Å². The number of likely N-dealkylation sites (tertiary alicyclic amines) is 1. The van der Waals surface area contributed by atoms with Gasteiger partial charge in [0, 0.05) is 23.7 Å². The maximum atomic E-state index is 12.4. The highest BCUT2D eigenvalue weighted by molar-refractivity contribution is 6.31. The van der Waals surface area contributed by atoms with E-state index < -0.39 is 5.97 Å². The zero-order valence-corrected chi connectivity index (χ0v) is 15.1. The van der Waals surface area contributed by atoms with E-state index in [1.807, 2.05) is 18.2 Å². The Balaban J connectivity index is 1.61. The molecule has 0 saturated carbocycles. The minimum absolute atomic E-state index is 0.162. The number of nitrogens with zero attached hydrogens (tertiary/aromatic N) is 1. The summed E-state index contributed by atoms with van der Waals surface area (Å²) in [5.41, 5.74) is 1.11. The molecule has 1 saturated heterocycles. The number of rotatable bonds is 6. The highest BCUT2D eigenvalue weighted by Crippen LogP contribution is 2.22. The lowest BCUT2D eigenvalue weighted by Crippen LogP contribution is -2.32. The number of ether oxygens (including phenoxy) is 2. The third-order valence-electron chi connectivity index (χ3n) is 4.23. The smallest absolute Gasteiger partial charge is 0.342 e. The van der Waals surface area contributed by atoms with Gasteiger partial charge in [0.15, 0.2) is 6.61 Å². The molecule has 0 aromatic heterocycles. The van der Waals surface area contributed by atoms with E-state index in [-0.39, 0.29) is 24.7 Å². The van der Waals surface area contributed by atoms with Gasteiger partial charge in [-0.25, -0.2) is 4.79 Å². The summed E-state index contributed by atoms with van der Waals surface area (Å²) >= 11 is 6.13. The van der Waals surface area contributed by atoms with Crippen molar-refractivity contribution >= 4 is 23.5 Å². The van der Waals surface area contributed by atoms with E-state index in [0.717, 1.165) is 31.5 Å². The van der Waals surface area contributed by atoms with Crippen LogP contribution < -0.4 is 4.74 Å². The van der Waals surface area contributed by atoms with Gasteiger partial charge in [-0.15, -0.1) is 0 Å². The highest BCUT2D eigenvalue weighted by Gasteiger charge is 2.21. The molecule has 2 aromatic rings. The van der Waals surface area contributed by atoms with Gasteiger partial charge in [0.25, 0.3) is 5.91 Å². The Bertz CT molecular complexity index is 787. The number of esters is 1. The summed E-state index contributed by atoms with van der Waals surface area (Å²) in [4.78, 5) is 26.1. The molecule has 26 heavy (non-hydrogen) atoms. The molecular weight excluding hydrogens is 354 g/mol. The zero-order chi connectivity index (χ0) is 18.4. The molecule has 0 radical (unpaired) electrons. The van der Waals surface area contributed by atoms with Crippen LogP contribution in [0.3, 0.4) is 0 Å². The monoisotopic (exact) mass is 373 g/mol. The Kier molecular flexibility index (Phi) is 6.12. The van der Waals surface area contributed by atoms with Gasteiger partial charge in [0.1, 0.15) is 17.9 Å². The van der Waals surface area contributed by atoms with Crippen molar-refractivity contribution in [1.82, 2.24) is 4.90 Å². The van der Waals surface area contributed by atoms with Crippen molar-refractivity contribution in [2.75, 3.05) is 19.7 Å². The van der Waals surface area contributed by atoms with Crippen molar-refractivity contribution in [3.05, 3.63) is 64.7 Å². The molecule has 5 nitrogen and oxygen atoms in total. The van der Waals surface area contributed by atoms with Crippen LogP contribution in [0.4, 0.5) is 0 Å². The maximum absolute atomic E-state index is 12.4. The third-order valence-corrected chi connectivity index (χ3v) is 4.60. The maximum Gasteiger partial charge on any atom is 0.342 e. The molecule has 0 unspecified atom stereocenters. The van der Waals surface area contributed by atoms with E-state index in [0.29, 0.717) is 10.8 Å². The second-order valence-corrected chi connectivity index (χ2v) is 6.45. The van der Waals surface area contributed by atoms with Gasteiger partial charge in [-0.3, -0.25) is 4.79 Å². The molecular formula is C20H20ClNO4. The summed E-state index contributed by atoms with van der Waals surface area (Å²) in [5.74, 6) is -0.344. The molecule has 1 fully saturated rings. The molecule has 1 amide bonds. The number of benzene rings is 2. The van der Waals surface area contributed by atoms with Crippen molar-refractivity contribution < 1.29 is 19.1 Å². The minimum atomic E-state index is -0.577. The van der Waals surface area contributed by atoms with E-state index in [1.165, 1.54) is 0 Å². The predicted molar refractivity (Wildman–Crippen MR) is 98.3 cm³/mol. The number of carbonyl (C=O) groups excluding carboxylic acids is 2. The second kappa shape index (κ2) is 8.72. The normalized spacial score (nSPS) is 13.5. The fraction of sp³-hybridized carbons (Fsp3) is 0.300. The van der Waals surface area contributed by atoms with E-state index >= 15 is 0 Å². The van der Waals surface area contributed by atoms with Gasteiger partial charge in [0.2, 0.25) is 0 Å². The average Bonchev–Trinajstić information content (AvgIpc) is 3.20. The lowest BCUT2D eigenvalue weighted by atomic mass is 10.2. The Labute approximate surface area is 157 Å². The fourth-order valence-electron chi connectivity index (χ4n) is 2.79. The predicted octanol–water partition coefficient (Wildman–Crippen LogP) is 3.70. The quantitative estimate of drug-likeness (QED) is 0.724. The standard InChI is InChI=1S/C20H20ClNO4/c21-17-9-3-1-7-15(17)13-25-18-10-4-2-8-16(18)20(24)26-14-19(23)22-11-5-6-12-22/h1-4,7-10H,5-6,11-14H2. The van der Waals surface area contributed by atoms with Crippen molar-refractivity contribution in [3.63, 3.8) is 0 Å². The lowest BCUT2D eigenvalue weighted by Gasteiger charge is -2.15. The van der Waals surface area contributed by atoms with Crippen molar-refractivity contribution in [3.8, 4) is 5.75 Å².